The molecule has 0 unspecified atom stereocenters. The van der Waals surface area contributed by atoms with Crippen LogP contribution in [0.3, 0.4) is 0 Å². The molecule has 2 N–H and O–H groups in total. The zero-order valence-electron chi connectivity index (χ0n) is 23.1. The molecule has 1 fully saturated rings. The molecule has 40 heavy (non-hydrogen) atoms. The van der Waals surface area contributed by atoms with Crippen molar-refractivity contribution in [3.63, 3.8) is 0 Å². The number of fused-ring (bicyclic) bond motifs is 1. The van der Waals surface area contributed by atoms with Gasteiger partial charge in [0.2, 0.25) is 0 Å². The molecule has 2 aromatic heterocycles. The molecule has 1 aromatic carbocycles. The molecule has 6 atom stereocenters. The van der Waals surface area contributed by atoms with Crippen molar-refractivity contribution < 1.29 is 37.4 Å². The highest BCUT2D eigenvalue weighted by molar-refractivity contribution is 7.52. The number of aryl methyl sites for hydroxylation is 1. The molecular formula is C25H34FN6O7P. The number of aromatic nitrogens is 4. The van der Waals surface area contributed by atoms with Crippen LogP contribution in [0.15, 0.2) is 36.7 Å². The Morgan fingerprint density at radius 2 is 1.95 bits per heavy atom. The van der Waals surface area contributed by atoms with Crippen LogP contribution >= 0.6 is 7.75 Å². The third-order valence-corrected chi connectivity index (χ3v) is 7.58. The van der Waals surface area contributed by atoms with E-state index in [1.54, 1.807) is 70.1 Å². The van der Waals surface area contributed by atoms with Gasteiger partial charge in [0.25, 0.3) is 0 Å². The Morgan fingerprint density at radius 1 is 1.25 bits per heavy atom. The predicted molar refractivity (Wildman–Crippen MR) is 144 cm³/mol. The second-order valence-electron chi connectivity index (χ2n) is 9.85. The number of nitrogens with one attached hydrogen (secondary N) is 1. The number of hydrogen-bond donors (Lipinski definition) is 2. The van der Waals surface area contributed by atoms with Crippen molar-refractivity contribution in [2.45, 2.75) is 64.4 Å². The predicted octanol–water partition coefficient (Wildman–Crippen LogP) is 2.93. The van der Waals surface area contributed by atoms with Gasteiger partial charge in [-0.25, -0.2) is 23.9 Å². The Labute approximate surface area is 231 Å². The Hall–Kier alpha value is -3.16. The molecule has 218 valence electrons. The summed E-state index contributed by atoms with van der Waals surface area (Å²) in [5.74, 6) is 0.527. The highest BCUT2D eigenvalue weighted by Crippen LogP contribution is 2.46. The summed E-state index contributed by atoms with van der Waals surface area (Å²) in [4.78, 5) is 27.2. The van der Waals surface area contributed by atoms with Crippen LogP contribution < -0.4 is 14.5 Å². The number of alkyl halides is 1. The van der Waals surface area contributed by atoms with Crippen molar-refractivity contribution in [3.8, 4) is 5.75 Å². The van der Waals surface area contributed by atoms with E-state index >= 15 is 4.39 Å². The van der Waals surface area contributed by atoms with Crippen molar-refractivity contribution in [1.29, 1.82) is 0 Å². The van der Waals surface area contributed by atoms with E-state index in [2.05, 4.69) is 20.0 Å². The maximum atomic E-state index is 15.4. The van der Waals surface area contributed by atoms with Crippen LogP contribution in [0, 0.1) is 6.92 Å². The maximum absolute atomic E-state index is 15.4. The smallest absolute Gasteiger partial charge is 0.459 e. The van der Waals surface area contributed by atoms with Gasteiger partial charge in [-0.3, -0.25) is 13.9 Å². The van der Waals surface area contributed by atoms with Crippen LogP contribution in [0.5, 0.6) is 5.75 Å². The number of aliphatic hydroxyl groups excluding tert-OH is 1. The van der Waals surface area contributed by atoms with E-state index in [0.717, 1.165) is 0 Å². The normalized spacial score (nSPS) is 23.2. The van der Waals surface area contributed by atoms with Crippen molar-refractivity contribution >= 4 is 30.7 Å². The summed E-state index contributed by atoms with van der Waals surface area (Å²) in [7, 11) is -0.646. The zero-order valence-corrected chi connectivity index (χ0v) is 24.0. The molecule has 0 saturated carbocycles. The summed E-state index contributed by atoms with van der Waals surface area (Å²) in [6, 6.07) is 7.12. The first kappa shape index (κ1) is 29.8. The van der Waals surface area contributed by atoms with Crippen LogP contribution in [0.25, 0.3) is 11.2 Å². The Kier molecular flexibility index (Phi) is 9.06. The number of carbonyl (C=O) groups is 1. The number of nitrogens with zero attached hydrogens (tertiary/aromatic N) is 5. The number of aliphatic hydroxyl groups is 1. The molecule has 1 aliphatic heterocycles. The van der Waals surface area contributed by atoms with E-state index in [9.17, 15) is 14.5 Å². The number of para-hydroxylation sites is 1. The zero-order chi connectivity index (χ0) is 29.2. The van der Waals surface area contributed by atoms with Crippen LogP contribution in [0.1, 0.15) is 32.8 Å². The standard InChI is InChI=1S/C25H34FN6O7P/c1-14(2)37-25(34)15(3)30-40(35,39-17-10-8-7-9-11-17)36-12-18-21(33)19(26)24(38-18)32-13-27-20-22(31(5)6)28-16(4)29-23(20)32/h7-11,13-15,18-19,21,24,33H,12H2,1-6H3,(H,30,35)/t15-,18-,19-,21-,24-,40+/m1/s1. The van der Waals surface area contributed by atoms with Gasteiger partial charge in [-0.2, -0.15) is 5.09 Å². The summed E-state index contributed by atoms with van der Waals surface area (Å²) in [5, 5.41) is 13.2. The second kappa shape index (κ2) is 12.1. The molecule has 3 heterocycles. The molecule has 0 aliphatic carbocycles. The molecule has 0 bridgehead atoms. The first-order valence-electron chi connectivity index (χ1n) is 12.7. The van der Waals surface area contributed by atoms with E-state index in [0.29, 0.717) is 22.8 Å². The van der Waals surface area contributed by atoms with Gasteiger partial charge in [-0.05, 0) is 39.8 Å². The lowest BCUT2D eigenvalue weighted by Crippen LogP contribution is -2.37. The lowest BCUT2D eigenvalue weighted by atomic mass is 10.1. The molecule has 0 spiro atoms. The number of rotatable bonds is 11. The van der Waals surface area contributed by atoms with Gasteiger partial charge >= 0.3 is 13.7 Å². The molecule has 1 aliphatic rings. The highest BCUT2D eigenvalue weighted by atomic mass is 31.2. The van der Waals surface area contributed by atoms with Crippen molar-refractivity contribution in [3.05, 3.63) is 42.5 Å². The summed E-state index contributed by atoms with van der Waals surface area (Å²) in [5.41, 5.74) is 0.766. The number of anilines is 1. The summed E-state index contributed by atoms with van der Waals surface area (Å²) >= 11 is 0. The number of imidazole rings is 1. The van der Waals surface area contributed by atoms with Gasteiger partial charge in [0, 0.05) is 14.1 Å². The Morgan fingerprint density at radius 3 is 2.60 bits per heavy atom. The maximum Gasteiger partial charge on any atom is 0.459 e. The topological polar surface area (TPSA) is 150 Å². The summed E-state index contributed by atoms with van der Waals surface area (Å²) < 4.78 is 52.7. The number of esters is 1. The number of halogens is 1. The van der Waals surface area contributed by atoms with E-state index in [1.807, 2.05) is 0 Å². The number of benzene rings is 1. The number of hydrogen-bond acceptors (Lipinski definition) is 11. The molecule has 0 amide bonds. The largest absolute Gasteiger partial charge is 0.462 e. The summed E-state index contributed by atoms with van der Waals surface area (Å²) in [6.45, 7) is 5.99. The number of ether oxygens (including phenoxy) is 2. The van der Waals surface area contributed by atoms with Gasteiger partial charge in [-0.1, -0.05) is 18.2 Å². The van der Waals surface area contributed by atoms with Gasteiger partial charge in [0.05, 0.1) is 19.0 Å². The van der Waals surface area contributed by atoms with E-state index in [-0.39, 0.29) is 5.75 Å². The average molecular weight is 581 g/mol. The molecule has 1 saturated heterocycles. The Bertz CT molecular complexity index is 1370. The molecule has 13 nitrogen and oxygen atoms in total. The number of carbonyl (C=O) groups excluding carboxylic acids is 1. The van der Waals surface area contributed by atoms with Crippen LogP contribution in [-0.2, 0) is 23.4 Å². The fraction of sp³-hybridized carbons (Fsp3) is 0.520. The van der Waals surface area contributed by atoms with Crippen LogP contribution in [-0.4, -0.2) is 81.8 Å². The van der Waals surface area contributed by atoms with E-state index in [1.165, 1.54) is 17.8 Å². The van der Waals surface area contributed by atoms with Gasteiger partial charge in [0.1, 0.15) is 29.8 Å². The first-order valence-corrected chi connectivity index (χ1v) is 14.3. The van der Waals surface area contributed by atoms with E-state index in [4.69, 9.17) is 18.5 Å². The van der Waals surface area contributed by atoms with Gasteiger partial charge < -0.3 is 24.0 Å². The van der Waals surface area contributed by atoms with Crippen LogP contribution in [0.2, 0.25) is 0 Å². The molecular weight excluding hydrogens is 546 g/mol. The van der Waals surface area contributed by atoms with Gasteiger partial charge in [0.15, 0.2) is 29.4 Å². The van der Waals surface area contributed by atoms with Crippen LogP contribution in [0.4, 0.5) is 10.2 Å². The first-order chi connectivity index (χ1) is 18.9. The van der Waals surface area contributed by atoms with Gasteiger partial charge in [-0.15, -0.1) is 0 Å². The average Bonchev–Trinajstić information content (AvgIpc) is 3.42. The van der Waals surface area contributed by atoms with E-state index < -0.39 is 57.1 Å². The summed E-state index contributed by atoms with van der Waals surface area (Å²) in [6.07, 6.45) is -5.07. The molecule has 15 heteroatoms. The fourth-order valence-electron chi connectivity index (χ4n) is 4.08. The minimum absolute atomic E-state index is 0.202. The van der Waals surface area contributed by atoms with Crippen molar-refractivity contribution in [1.82, 2.24) is 24.6 Å². The van der Waals surface area contributed by atoms with Crippen molar-refractivity contribution in [2.75, 3.05) is 25.6 Å². The quantitative estimate of drug-likeness (QED) is 0.254. The third kappa shape index (κ3) is 6.58. The lowest BCUT2D eigenvalue weighted by Gasteiger charge is -2.25. The minimum atomic E-state index is -4.25. The monoisotopic (exact) mass is 580 g/mol. The Balaban J connectivity index is 1.53. The third-order valence-electron chi connectivity index (χ3n) is 5.94. The highest BCUT2D eigenvalue weighted by Gasteiger charge is 2.47. The molecule has 0 radical (unpaired) electrons. The SMILES string of the molecule is Cc1nc(N(C)C)c2ncn([C@@H]3O[C@H](CO[P@@](=O)(N[C@H](C)C(=O)OC(C)C)Oc4ccccc4)[C@@H](O)[C@H]3F)c2n1. The molecule has 3 aromatic rings. The second-order valence-corrected chi connectivity index (χ2v) is 11.5. The van der Waals surface area contributed by atoms with Crippen molar-refractivity contribution in [2.24, 2.45) is 0 Å². The molecule has 4 rings (SSSR count). The lowest BCUT2D eigenvalue weighted by molar-refractivity contribution is -0.149. The fourth-order valence-corrected chi connectivity index (χ4v) is 5.58. The minimum Gasteiger partial charge on any atom is -0.462 e.